The van der Waals surface area contributed by atoms with Crippen molar-refractivity contribution in [1.82, 2.24) is 15.0 Å². The summed E-state index contributed by atoms with van der Waals surface area (Å²) in [6.07, 6.45) is 0.307. The molecule has 0 atom stereocenters. The third kappa shape index (κ3) is 5.24. The van der Waals surface area contributed by atoms with Gasteiger partial charge < -0.3 is 5.32 Å². The van der Waals surface area contributed by atoms with Crippen molar-refractivity contribution in [3.05, 3.63) is 65.0 Å². The number of hydrogen-bond acceptors (Lipinski definition) is 7. The lowest BCUT2D eigenvalue weighted by atomic mass is 9.79. The largest absolute Gasteiger partial charge is 0.419 e. The van der Waals surface area contributed by atoms with Gasteiger partial charge in [-0.15, -0.1) is 0 Å². The molecule has 11 heteroatoms. The highest BCUT2D eigenvalue weighted by atomic mass is 32.2. The first-order valence-electron chi connectivity index (χ1n) is 10.3. The predicted octanol–water partition coefficient (Wildman–Crippen LogP) is 4.56. The SMILES string of the molecule is CC1(C)CN=Cc2ccc(-c3nc(Nc4cc(CS(C)(=O)=O)ccn4)ncc3C(F)(F)F)cc21. The van der Waals surface area contributed by atoms with Gasteiger partial charge in [0.2, 0.25) is 5.95 Å². The zero-order valence-corrected chi connectivity index (χ0v) is 19.5. The molecule has 0 saturated carbocycles. The molecule has 0 radical (unpaired) electrons. The average molecular weight is 490 g/mol. The number of fused-ring (bicyclic) bond motifs is 1. The molecular formula is C23H22F3N5O2S. The molecule has 3 aromatic rings. The molecule has 0 unspecified atom stereocenters. The van der Waals surface area contributed by atoms with Crippen molar-refractivity contribution < 1.29 is 21.6 Å². The number of aromatic nitrogens is 3. The Labute approximate surface area is 195 Å². The minimum Gasteiger partial charge on any atom is -0.309 e. The fourth-order valence-electron chi connectivity index (χ4n) is 3.78. The highest BCUT2D eigenvalue weighted by Crippen LogP contribution is 2.38. The van der Waals surface area contributed by atoms with Gasteiger partial charge in [-0.25, -0.2) is 23.4 Å². The van der Waals surface area contributed by atoms with Gasteiger partial charge in [-0.1, -0.05) is 26.0 Å². The summed E-state index contributed by atoms with van der Waals surface area (Å²) in [5, 5.41) is 2.78. The third-order valence-electron chi connectivity index (χ3n) is 5.36. The van der Waals surface area contributed by atoms with Crippen LogP contribution in [0.4, 0.5) is 24.9 Å². The van der Waals surface area contributed by atoms with Crippen molar-refractivity contribution in [3.8, 4) is 11.3 Å². The molecule has 7 nitrogen and oxygen atoms in total. The summed E-state index contributed by atoms with van der Waals surface area (Å²) >= 11 is 0. The smallest absolute Gasteiger partial charge is 0.309 e. The number of alkyl halides is 3. The van der Waals surface area contributed by atoms with Gasteiger partial charge in [-0.05, 0) is 34.9 Å². The molecule has 0 aliphatic carbocycles. The lowest BCUT2D eigenvalue weighted by molar-refractivity contribution is -0.137. The minimum atomic E-state index is -4.66. The fraction of sp³-hybridized carbons (Fsp3) is 0.304. The third-order valence-corrected chi connectivity index (χ3v) is 6.22. The van der Waals surface area contributed by atoms with E-state index in [1.807, 2.05) is 13.8 Å². The number of rotatable bonds is 5. The first-order chi connectivity index (χ1) is 15.8. The van der Waals surface area contributed by atoms with Gasteiger partial charge in [-0.2, -0.15) is 13.2 Å². The van der Waals surface area contributed by atoms with Gasteiger partial charge in [0, 0.05) is 42.4 Å². The number of pyridine rings is 1. The first kappa shape index (κ1) is 23.8. The maximum Gasteiger partial charge on any atom is 0.419 e. The van der Waals surface area contributed by atoms with E-state index in [2.05, 4.69) is 25.3 Å². The second-order valence-corrected chi connectivity index (χ2v) is 11.0. The van der Waals surface area contributed by atoms with Crippen LogP contribution in [0.2, 0.25) is 0 Å². The van der Waals surface area contributed by atoms with E-state index in [9.17, 15) is 21.6 Å². The number of sulfone groups is 1. The summed E-state index contributed by atoms with van der Waals surface area (Å²) in [6.45, 7) is 4.50. The van der Waals surface area contributed by atoms with Crippen LogP contribution in [0, 0.1) is 0 Å². The highest BCUT2D eigenvalue weighted by molar-refractivity contribution is 7.89. The van der Waals surface area contributed by atoms with Gasteiger partial charge in [0.25, 0.3) is 0 Å². The van der Waals surface area contributed by atoms with E-state index in [0.717, 1.165) is 23.6 Å². The van der Waals surface area contributed by atoms with E-state index < -0.39 is 21.6 Å². The Morgan fingerprint density at radius 2 is 1.88 bits per heavy atom. The lowest BCUT2D eigenvalue weighted by Crippen LogP contribution is -2.26. The van der Waals surface area contributed by atoms with Crippen LogP contribution < -0.4 is 5.32 Å². The Bertz CT molecular complexity index is 1390. The Hall–Kier alpha value is -3.34. The summed E-state index contributed by atoms with van der Waals surface area (Å²) < 4.78 is 64.6. The van der Waals surface area contributed by atoms with E-state index in [-0.39, 0.29) is 28.6 Å². The van der Waals surface area contributed by atoms with Crippen LogP contribution in [0.15, 0.2) is 47.7 Å². The molecule has 1 aliphatic rings. The minimum absolute atomic E-state index is 0.0921. The summed E-state index contributed by atoms with van der Waals surface area (Å²) in [5.74, 6) is -0.0717. The average Bonchev–Trinajstić information content (AvgIpc) is 2.72. The molecule has 0 amide bonds. The van der Waals surface area contributed by atoms with Crippen molar-refractivity contribution in [1.29, 1.82) is 0 Å². The van der Waals surface area contributed by atoms with Crippen LogP contribution in [0.5, 0.6) is 0 Å². The maximum atomic E-state index is 13.8. The second kappa shape index (κ2) is 8.46. The van der Waals surface area contributed by atoms with Crippen molar-refractivity contribution in [3.63, 3.8) is 0 Å². The van der Waals surface area contributed by atoms with Crippen LogP contribution in [0.25, 0.3) is 11.3 Å². The molecule has 178 valence electrons. The number of aliphatic imine (C=N–C) groups is 1. The number of halogens is 3. The Balaban J connectivity index is 1.76. The molecule has 34 heavy (non-hydrogen) atoms. The Morgan fingerprint density at radius 3 is 2.59 bits per heavy atom. The van der Waals surface area contributed by atoms with Gasteiger partial charge in [0.05, 0.1) is 11.4 Å². The Morgan fingerprint density at radius 1 is 1.12 bits per heavy atom. The molecule has 0 bridgehead atoms. The van der Waals surface area contributed by atoms with Crippen molar-refractivity contribution in [2.75, 3.05) is 18.1 Å². The summed E-state index contributed by atoms with van der Waals surface area (Å²) in [4.78, 5) is 16.4. The lowest BCUT2D eigenvalue weighted by Gasteiger charge is -2.29. The molecule has 0 fully saturated rings. The van der Waals surface area contributed by atoms with E-state index in [1.165, 1.54) is 12.3 Å². The van der Waals surface area contributed by atoms with Crippen molar-refractivity contribution >= 4 is 27.8 Å². The van der Waals surface area contributed by atoms with Gasteiger partial charge in [0.1, 0.15) is 11.4 Å². The quantitative estimate of drug-likeness (QED) is 0.565. The molecule has 1 aromatic carbocycles. The Kier molecular flexibility index (Phi) is 5.92. The first-order valence-corrected chi connectivity index (χ1v) is 12.4. The molecule has 0 saturated heterocycles. The number of benzene rings is 1. The van der Waals surface area contributed by atoms with Crippen LogP contribution in [0.3, 0.4) is 0 Å². The molecule has 1 N–H and O–H groups in total. The number of hydrogen-bond donors (Lipinski definition) is 1. The number of nitrogens with zero attached hydrogens (tertiary/aromatic N) is 4. The van der Waals surface area contributed by atoms with Crippen LogP contribution in [0.1, 0.15) is 36.1 Å². The topological polar surface area (TPSA) is 97.2 Å². The normalized spacial score (nSPS) is 15.1. The molecule has 0 spiro atoms. The summed E-state index contributed by atoms with van der Waals surface area (Å²) in [7, 11) is -3.27. The molecular weight excluding hydrogens is 467 g/mol. The van der Waals surface area contributed by atoms with E-state index >= 15 is 0 Å². The molecule has 1 aliphatic heterocycles. The summed E-state index contributed by atoms with van der Waals surface area (Å²) in [6, 6.07) is 8.07. The predicted molar refractivity (Wildman–Crippen MR) is 124 cm³/mol. The zero-order chi connectivity index (χ0) is 24.7. The maximum absolute atomic E-state index is 13.8. The van der Waals surface area contributed by atoms with Gasteiger partial charge in [0.15, 0.2) is 9.84 Å². The van der Waals surface area contributed by atoms with Gasteiger partial charge >= 0.3 is 6.18 Å². The fourth-order valence-corrected chi connectivity index (χ4v) is 4.56. The van der Waals surface area contributed by atoms with Gasteiger partial charge in [-0.3, -0.25) is 4.99 Å². The monoisotopic (exact) mass is 489 g/mol. The second-order valence-electron chi connectivity index (χ2n) is 8.85. The van der Waals surface area contributed by atoms with E-state index in [1.54, 1.807) is 30.5 Å². The number of anilines is 2. The summed E-state index contributed by atoms with van der Waals surface area (Å²) in [5.41, 5.74) is 0.961. The van der Waals surface area contributed by atoms with Crippen LogP contribution in [-0.4, -0.2) is 42.4 Å². The number of nitrogens with one attached hydrogen (secondary N) is 1. The standard InChI is InChI=1S/C23H22F3N5O2S/c1-22(2)13-27-10-16-5-4-15(9-17(16)22)20-18(23(24,25)26)11-29-21(31-20)30-19-8-14(6-7-28-19)12-34(3,32)33/h4-11H,12-13H2,1-3H3,(H,28,29,30,31). The van der Waals surface area contributed by atoms with Crippen LogP contribution >= 0.6 is 0 Å². The van der Waals surface area contributed by atoms with Crippen LogP contribution in [-0.2, 0) is 27.2 Å². The molecule has 3 heterocycles. The van der Waals surface area contributed by atoms with Crippen molar-refractivity contribution in [2.45, 2.75) is 31.2 Å². The zero-order valence-electron chi connectivity index (χ0n) is 18.7. The molecule has 4 rings (SSSR count). The van der Waals surface area contributed by atoms with E-state index in [4.69, 9.17) is 0 Å². The van der Waals surface area contributed by atoms with E-state index in [0.29, 0.717) is 17.7 Å². The molecule has 2 aromatic heterocycles. The highest BCUT2D eigenvalue weighted by Gasteiger charge is 2.36. The van der Waals surface area contributed by atoms with Crippen molar-refractivity contribution in [2.24, 2.45) is 4.99 Å².